The Kier molecular flexibility index (Phi) is 5.71. The summed E-state index contributed by atoms with van der Waals surface area (Å²) in [5.74, 6) is 1.04. The van der Waals surface area contributed by atoms with Crippen molar-refractivity contribution in [2.24, 2.45) is 0 Å². The van der Waals surface area contributed by atoms with Crippen LogP contribution in [0.2, 0.25) is 5.15 Å². The van der Waals surface area contributed by atoms with Crippen LogP contribution in [0.3, 0.4) is 0 Å². The SMILES string of the molecule is COCCOc1cc(Cl)nc(Nc2ccc3c(ccc4sc5c(c43)NC=C(C)NC5=O)n2)n1. The van der Waals surface area contributed by atoms with Crippen LogP contribution in [0.15, 0.2) is 42.2 Å². The van der Waals surface area contributed by atoms with Gasteiger partial charge in [-0.2, -0.15) is 4.98 Å². The van der Waals surface area contributed by atoms with Crippen LogP contribution in [0.25, 0.3) is 21.0 Å². The number of hydrogen-bond acceptors (Lipinski definition) is 9. The number of allylic oxidation sites excluding steroid dienone is 1. The van der Waals surface area contributed by atoms with E-state index in [0.29, 0.717) is 29.8 Å². The molecule has 4 heterocycles. The number of hydrogen-bond donors (Lipinski definition) is 3. The summed E-state index contributed by atoms with van der Waals surface area (Å²) in [7, 11) is 1.60. The van der Waals surface area contributed by atoms with Crippen molar-refractivity contribution in [3.8, 4) is 5.88 Å². The number of benzene rings is 1. The third-order valence-electron chi connectivity index (χ3n) is 4.92. The van der Waals surface area contributed by atoms with Gasteiger partial charge in [0.2, 0.25) is 11.8 Å². The van der Waals surface area contributed by atoms with Gasteiger partial charge in [-0.1, -0.05) is 11.6 Å². The van der Waals surface area contributed by atoms with Crippen molar-refractivity contribution in [3.63, 3.8) is 0 Å². The van der Waals surface area contributed by atoms with Gasteiger partial charge < -0.3 is 25.4 Å². The first-order valence-corrected chi connectivity index (χ1v) is 11.3. The lowest BCUT2D eigenvalue weighted by molar-refractivity contribution is 0.0971. The van der Waals surface area contributed by atoms with Crippen molar-refractivity contribution in [1.82, 2.24) is 20.3 Å². The van der Waals surface area contributed by atoms with Crippen LogP contribution in [0.5, 0.6) is 5.88 Å². The molecule has 1 aliphatic rings. The van der Waals surface area contributed by atoms with E-state index in [-0.39, 0.29) is 17.0 Å². The predicted octanol–water partition coefficient (Wildman–Crippen LogP) is 4.68. The van der Waals surface area contributed by atoms with Crippen LogP contribution in [0.4, 0.5) is 17.5 Å². The van der Waals surface area contributed by atoms with E-state index in [1.165, 1.54) is 17.4 Å². The molecule has 0 unspecified atom stereocenters. The lowest BCUT2D eigenvalue weighted by atomic mass is 10.1. The molecular formula is C22H19ClN6O3S. The number of thiophene rings is 1. The molecule has 0 saturated heterocycles. The Morgan fingerprint density at radius 3 is 2.88 bits per heavy atom. The van der Waals surface area contributed by atoms with E-state index in [4.69, 9.17) is 26.1 Å². The Hall–Kier alpha value is -3.47. The van der Waals surface area contributed by atoms with Crippen molar-refractivity contribution >= 4 is 67.3 Å². The first kappa shape index (κ1) is 21.4. The molecule has 0 radical (unpaired) electrons. The molecule has 0 saturated carbocycles. The highest BCUT2D eigenvalue weighted by molar-refractivity contribution is 7.21. The first-order valence-electron chi connectivity index (χ1n) is 10.1. The van der Waals surface area contributed by atoms with E-state index >= 15 is 0 Å². The van der Waals surface area contributed by atoms with Crippen LogP contribution in [0, 0.1) is 0 Å². The van der Waals surface area contributed by atoms with Gasteiger partial charge in [-0.05, 0) is 31.2 Å². The largest absolute Gasteiger partial charge is 0.475 e. The number of nitrogens with one attached hydrogen (secondary N) is 3. The molecular weight excluding hydrogens is 464 g/mol. The molecule has 3 aromatic heterocycles. The summed E-state index contributed by atoms with van der Waals surface area (Å²) in [6.45, 7) is 2.62. The molecule has 168 valence electrons. The minimum Gasteiger partial charge on any atom is -0.475 e. The third-order valence-corrected chi connectivity index (χ3v) is 6.27. The van der Waals surface area contributed by atoms with Gasteiger partial charge in [-0.25, -0.2) is 9.97 Å². The maximum Gasteiger partial charge on any atom is 0.267 e. The van der Waals surface area contributed by atoms with Crippen molar-refractivity contribution in [1.29, 1.82) is 0 Å². The number of pyridine rings is 1. The fourth-order valence-electron chi connectivity index (χ4n) is 3.49. The molecule has 0 fully saturated rings. The predicted molar refractivity (Wildman–Crippen MR) is 130 cm³/mol. The van der Waals surface area contributed by atoms with Gasteiger partial charge in [0.05, 0.1) is 17.8 Å². The molecule has 0 bridgehead atoms. The van der Waals surface area contributed by atoms with Crippen molar-refractivity contribution in [3.05, 3.63) is 52.3 Å². The molecule has 5 rings (SSSR count). The molecule has 3 N–H and O–H groups in total. The summed E-state index contributed by atoms with van der Waals surface area (Å²) in [6, 6.07) is 9.22. The van der Waals surface area contributed by atoms with E-state index in [9.17, 15) is 4.79 Å². The van der Waals surface area contributed by atoms with Gasteiger partial charge in [0.15, 0.2) is 0 Å². The molecule has 1 aliphatic heterocycles. The summed E-state index contributed by atoms with van der Waals surface area (Å²) in [4.78, 5) is 26.4. The molecule has 1 aromatic carbocycles. The summed E-state index contributed by atoms with van der Waals surface area (Å²) in [5, 5.41) is 11.4. The average Bonchev–Trinajstić information content (AvgIpc) is 3.10. The van der Waals surface area contributed by atoms with E-state index in [1.54, 1.807) is 13.3 Å². The number of anilines is 3. The lowest BCUT2D eigenvalue weighted by Gasteiger charge is -2.09. The number of halogens is 1. The van der Waals surface area contributed by atoms with Crippen LogP contribution in [-0.4, -0.2) is 41.2 Å². The van der Waals surface area contributed by atoms with Gasteiger partial charge in [0.25, 0.3) is 5.91 Å². The minimum atomic E-state index is -0.119. The smallest absolute Gasteiger partial charge is 0.267 e. The second-order valence-electron chi connectivity index (χ2n) is 7.25. The summed E-state index contributed by atoms with van der Waals surface area (Å²) >= 11 is 7.56. The van der Waals surface area contributed by atoms with E-state index < -0.39 is 0 Å². The van der Waals surface area contributed by atoms with Gasteiger partial charge in [0.1, 0.15) is 22.5 Å². The molecule has 11 heteroatoms. The second kappa shape index (κ2) is 8.81. The second-order valence-corrected chi connectivity index (χ2v) is 8.69. The number of aromatic nitrogens is 3. The molecule has 9 nitrogen and oxygen atoms in total. The molecule has 4 aromatic rings. The highest BCUT2D eigenvalue weighted by Gasteiger charge is 2.22. The maximum atomic E-state index is 12.6. The zero-order chi connectivity index (χ0) is 22.9. The Morgan fingerprint density at radius 2 is 2.03 bits per heavy atom. The monoisotopic (exact) mass is 482 g/mol. The molecule has 1 amide bonds. The maximum absolute atomic E-state index is 12.6. The highest BCUT2D eigenvalue weighted by Crippen LogP contribution is 2.41. The average molecular weight is 483 g/mol. The van der Waals surface area contributed by atoms with Gasteiger partial charge in [-0.3, -0.25) is 4.79 Å². The number of methoxy groups -OCH3 is 1. The standard InChI is InChI=1S/C22H19ClN6O3S/c1-11-10-24-19-18-12-3-6-16(26-13(12)4-5-14(18)33-20(19)21(30)25-11)28-22-27-15(23)9-17(29-22)32-8-7-31-2/h3-6,9-10,24H,7-8H2,1-2H3,(H,25,30)(H,26,27,28,29). The Balaban J connectivity index is 1.50. The van der Waals surface area contributed by atoms with Gasteiger partial charge >= 0.3 is 0 Å². The number of fused-ring (bicyclic) bond motifs is 5. The third kappa shape index (κ3) is 4.28. The topological polar surface area (TPSA) is 110 Å². The normalized spacial score (nSPS) is 13.2. The summed E-state index contributed by atoms with van der Waals surface area (Å²) < 4.78 is 11.5. The fourth-order valence-corrected chi connectivity index (χ4v) is 4.74. The molecule has 33 heavy (non-hydrogen) atoms. The Labute approximate surface area is 197 Å². The number of ether oxygens (including phenoxy) is 2. The summed E-state index contributed by atoms with van der Waals surface area (Å²) in [6.07, 6.45) is 1.79. The van der Waals surface area contributed by atoms with Crippen LogP contribution in [-0.2, 0) is 4.74 Å². The Morgan fingerprint density at radius 1 is 1.15 bits per heavy atom. The van der Waals surface area contributed by atoms with Crippen molar-refractivity contribution in [2.45, 2.75) is 6.92 Å². The Bertz CT molecular complexity index is 1420. The minimum absolute atomic E-state index is 0.119. The van der Waals surface area contributed by atoms with E-state index in [2.05, 4.69) is 25.9 Å². The zero-order valence-electron chi connectivity index (χ0n) is 17.7. The van der Waals surface area contributed by atoms with Crippen molar-refractivity contribution < 1.29 is 14.3 Å². The molecule has 0 atom stereocenters. The molecule has 0 spiro atoms. The number of amides is 1. The van der Waals surface area contributed by atoms with E-state index in [1.807, 2.05) is 31.2 Å². The number of rotatable bonds is 6. The van der Waals surface area contributed by atoms with Crippen LogP contribution < -0.4 is 20.7 Å². The van der Waals surface area contributed by atoms with E-state index in [0.717, 1.165) is 32.4 Å². The highest BCUT2D eigenvalue weighted by atomic mass is 35.5. The van der Waals surface area contributed by atoms with Crippen molar-refractivity contribution in [2.75, 3.05) is 31.0 Å². The van der Waals surface area contributed by atoms with Gasteiger partial charge in [0, 0.05) is 40.5 Å². The quantitative estimate of drug-likeness (QED) is 0.268. The fraction of sp³-hybridized carbons (Fsp3) is 0.182. The van der Waals surface area contributed by atoms with Crippen LogP contribution in [0.1, 0.15) is 16.6 Å². The summed E-state index contributed by atoms with van der Waals surface area (Å²) in [5.41, 5.74) is 2.31. The lowest BCUT2D eigenvalue weighted by Crippen LogP contribution is -2.18. The number of nitrogens with zero attached hydrogens (tertiary/aromatic N) is 3. The van der Waals surface area contributed by atoms with Crippen LogP contribution >= 0.6 is 22.9 Å². The molecule has 0 aliphatic carbocycles. The van der Waals surface area contributed by atoms with Gasteiger partial charge in [-0.15, -0.1) is 11.3 Å². The first-order chi connectivity index (χ1) is 16.0. The zero-order valence-corrected chi connectivity index (χ0v) is 19.3. The number of carbonyl (C=O) groups excluding carboxylic acids is 1. The number of carbonyl (C=O) groups is 1.